The zero-order valence-electron chi connectivity index (χ0n) is 11.9. The molecule has 114 valence electrons. The number of anilines is 1. The highest BCUT2D eigenvalue weighted by Crippen LogP contribution is 2.14. The van der Waals surface area contributed by atoms with Crippen LogP contribution in [0.4, 0.5) is 5.69 Å². The van der Waals surface area contributed by atoms with Gasteiger partial charge in [0.2, 0.25) is 15.9 Å². The molecule has 0 aliphatic rings. The summed E-state index contributed by atoms with van der Waals surface area (Å²) in [5.41, 5.74) is 0.831. The number of aromatic nitrogens is 2. The van der Waals surface area contributed by atoms with E-state index in [1.54, 1.807) is 38.1 Å². The molecular formula is C13H18N4O3S. The summed E-state index contributed by atoms with van der Waals surface area (Å²) in [5, 5.41) is 6.68. The summed E-state index contributed by atoms with van der Waals surface area (Å²) in [5.74, 6) is 0.558. The Bertz CT molecular complexity index is 651. The van der Waals surface area contributed by atoms with Crippen molar-refractivity contribution in [1.82, 2.24) is 14.9 Å². The number of nitrogens with one attached hydrogen (secondary N) is 2. The average molecular weight is 310 g/mol. The van der Waals surface area contributed by atoms with Crippen molar-refractivity contribution in [3.05, 3.63) is 36.5 Å². The van der Waals surface area contributed by atoms with Gasteiger partial charge in [-0.05, 0) is 38.1 Å². The maximum absolute atomic E-state index is 12.0. The predicted molar refractivity (Wildman–Crippen MR) is 78.4 cm³/mol. The maximum atomic E-state index is 12.0. The molecule has 1 aromatic carbocycles. The van der Waals surface area contributed by atoms with Gasteiger partial charge in [0.1, 0.15) is 0 Å². The highest BCUT2D eigenvalue weighted by Gasteiger charge is 2.14. The van der Waals surface area contributed by atoms with Crippen LogP contribution in [0.15, 0.2) is 40.0 Å². The molecule has 0 saturated heterocycles. The number of sulfonamides is 1. The van der Waals surface area contributed by atoms with Gasteiger partial charge in [-0.15, -0.1) is 0 Å². The first-order valence-corrected chi connectivity index (χ1v) is 8.07. The van der Waals surface area contributed by atoms with Crippen LogP contribution in [0, 0.1) is 0 Å². The third-order valence-corrected chi connectivity index (χ3v) is 4.30. The van der Waals surface area contributed by atoms with Gasteiger partial charge >= 0.3 is 0 Å². The largest absolute Gasteiger partial charge is 0.385 e. The molecule has 0 aliphatic carbocycles. The number of benzene rings is 1. The molecule has 0 spiro atoms. The highest BCUT2D eigenvalue weighted by molar-refractivity contribution is 7.89. The quantitative estimate of drug-likeness (QED) is 0.802. The van der Waals surface area contributed by atoms with Crippen LogP contribution in [-0.2, 0) is 16.4 Å². The highest BCUT2D eigenvalue weighted by atomic mass is 32.2. The van der Waals surface area contributed by atoms with Crippen LogP contribution in [0.2, 0.25) is 0 Å². The van der Waals surface area contributed by atoms with Crippen molar-refractivity contribution < 1.29 is 12.9 Å². The Kier molecular flexibility index (Phi) is 4.92. The van der Waals surface area contributed by atoms with Gasteiger partial charge in [-0.2, -0.15) is 4.98 Å². The summed E-state index contributed by atoms with van der Waals surface area (Å²) < 4.78 is 31.4. The van der Waals surface area contributed by atoms with Crippen molar-refractivity contribution in [1.29, 1.82) is 0 Å². The lowest BCUT2D eigenvalue weighted by Crippen LogP contribution is -2.30. The van der Waals surface area contributed by atoms with Crippen LogP contribution in [-0.4, -0.2) is 31.1 Å². The Balaban J connectivity index is 1.92. The molecule has 0 amide bonds. The van der Waals surface area contributed by atoms with Crippen molar-refractivity contribution in [3.63, 3.8) is 0 Å². The predicted octanol–water partition coefficient (Wildman–Crippen LogP) is 1.41. The van der Waals surface area contributed by atoms with E-state index >= 15 is 0 Å². The van der Waals surface area contributed by atoms with Gasteiger partial charge in [0, 0.05) is 24.7 Å². The van der Waals surface area contributed by atoms with Crippen LogP contribution in [0.5, 0.6) is 0 Å². The van der Waals surface area contributed by atoms with Crippen LogP contribution in [0.25, 0.3) is 0 Å². The van der Waals surface area contributed by atoms with E-state index in [-0.39, 0.29) is 10.9 Å². The first-order chi connectivity index (χ1) is 9.97. The van der Waals surface area contributed by atoms with Crippen molar-refractivity contribution >= 4 is 15.7 Å². The topological polar surface area (TPSA) is 97.1 Å². The van der Waals surface area contributed by atoms with Crippen LogP contribution < -0.4 is 10.0 Å². The molecule has 2 aromatic rings. The molecule has 0 fully saturated rings. The van der Waals surface area contributed by atoms with Crippen LogP contribution in [0.3, 0.4) is 0 Å². The molecular weight excluding hydrogens is 292 g/mol. The third-order valence-electron chi connectivity index (χ3n) is 2.63. The van der Waals surface area contributed by atoms with Gasteiger partial charge in [0.05, 0.1) is 4.90 Å². The fraction of sp³-hybridized carbons (Fsp3) is 0.385. The molecule has 0 atom stereocenters. The van der Waals surface area contributed by atoms with Gasteiger partial charge in [0.25, 0.3) is 0 Å². The molecule has 7 nitrogen and oxygen atoms in total. The van der Waals surface area contributed by atoms with E-state index in [0.29, 0.717) is 18.9 Å². The van der Waals surface area contributed by atoms with Crippen molar-refractivity contribution in [2.45, 2.75) is 31.2 Å². The second-order valence-corrected chi connectivity index (χ2v) is 6.53. The van der Waals surface area contributed by atoms with E-state index in [1.807, 2.05) is 0 Å². The smallest absolute Gasteiger partial charge is 0.240 e. The molecule has 21 heavy (non-hydrogen) atoms. The molecule has 0 bridgehead atoms. The van der Waals surface area contributed by atoms with Gasteiger partial charge in [-0.1, -0.05) is 5.16 Å². The summed E-state index contributed by atoms with van der Waals surface area (Å²) in [6, 6.07) is 6.45. The first kappa shape index (κ1) is 15.5. The van der Waals surface area contributed by atoms with Gasteiger partial charge < -0.3 is 9.84 Å². The maximum Gasteiger partial charge on any atom is 0.240 e. The fourth-order valence-electron chi connectivity index (χ4n) is 1.75. The minimum Gasteiger partial charge on any atom is -0.385 e. The summed E-state index contributed by atoms with van der Waals surface area (Å²) in [7, 11) is -3.44. The Labute approximate surface area is 123 Å². The standard InChI is InChI=1S/C13H18N4O3S/c1-10(2)17-21(18,19)12-5-3-11(4-6-12)14-8-7-13-15-9-16-20-13/h3-6,9-10,14,17H,7-8H2,1-2H3. The average Bonchev–Trinajstić information content (AvgIpc) is 2.91. The second kappa shape index (κ2) is 6.68. The van der Waals surface area contributed by atoms with Crippen molar-refractivity contribution in [3.8, 4) is 0 Å². The molecule has 8 heteroatoms. The van der Waals surface area contributed by atoms with E-state index in [4.69, 9.17) is 4.52 Å². The minimum absolute atomic E-state index is 0.137. The normalized spacial score (nSPS) is 11.8. The van der Waals surface area contributed by atoms with E-state index in [9.17, 15) is 8.42 Å². The number of hydrogen-bond acceptors (Lipinski definition) is 6. The zero-order chi connectivity index (χ0) is 15.3. The van der Waals surface area contributed by atoms with E-state index < -0.39 is 10.0 Å². The van der Waals surface area contributed by atoms with E-state index in [0.717, 1.165) is 5.69 Å². The van der Waals surface area contributed by atoms with Gasteiger partial charge in [-0.25, -0.2) is 13.1 Å². The summed E-state index contributed by atoms with van der Waals surface area (Å²) in [6.07, 6.45) is 1.96. The molecule has 0 radical (unpaired) electrons. The lowest BCUT2D eigenvalue weighted by molar-refractivity contribution is 0.380. The summed E-state index contributed by atoms with van der Waals surface area (Å²) >= 11 is 0. The van der Waals surface area contributed by atoms with Gasteiger partial charge in [-0.3, -0.25) is 0 Å². The second-order valence-electron chi connectivity index (χ2n) is 4.81. The van der Waals surface area contributed by atoms with Gasteiger partial charge in [0.15, 0.2) is 6.33 Å². The minimum atomic E-state index is -3.44. The number of rotatable bonds is 7. The molecule has 1 heterocycles. The van der Waals surface area contributed by atoms with E-state index in [2.05, 4.69) is 20.2 Å². The third kappa shape index (κ3) is 4.54. The lowest BCUT2D eigenvalue weighted by atomic mass is 10.3. The molecule has 2 N–H and O–H groups in total. The molecule has 1 aromatic heterocycles. The molecule has 0 saturated carbocycles. The fourth-order valence-corrected chi connectivity index (χ4v) is 3.00. The van der Waals surface area contributed by atoms with Crippen LogP contribution in [0.1, 0.15) is 19.7 Å². The lowest BCUT2D eigenvalue weighted by Gasteiger charge is -2.10. The van der Waals surface area contributed by atoms with Crippen molar-refractivity contribution in [2.75, 3.05) is 11.9 Å². The number of nitrogens with zero attached hydrogens (tertiary/aromatic N) is 2. The monoisotopic (exact) mass is 310 g/mol. The van der Waals surface area contributed by atoms with Crippen molar-refractivity contribution in [2.24, 2.45) is 0 Å². The SMILES string of the molecule is CC(C)NS(=O)(=O)c1ccc(NCCc2ncno2)cc1. The molecule has 0 aliphatic heterocycles. The Morgan fingerprint density at radius 3 is 2.52 bits per heavy atom. The van der Waals surface area contributed by atoms with E-state index in [1.165, 1.54) is 6.33 Å². The Morgan fingerprint density at radius 2 is 1.95 bits per heavy atom. The number of hydrogen-bond donors (Lipinski definition) is 2. The zero-order valence-corrected chi connectivity index (χ0v) is 12.7. The molecule has 0 unspecified atom stereocenters. The Hall–Kier alpha value is -1.93. The molecule has 2 rings (SSSR count). The Morgan fingerprint density at radius 1 is 1.24 bits per heavy atom. The first-order valence-electron chi connectivity index (χ1n) is 6.59. The summed E-state index contributed by atoms with van der Waals surface area (Å²) in [4.78, 5) is 4.16. The van der Waals surface area contributed by atoms with Crippen LogP contribution >= 0.6 is 0 Å². The summed E-state index contributed by atoms with van der Waals surface area (Å²) in [6.45, 7) is 4.19.